The van der Waals surface area contributed by atoms with Crippen molar-refractivity contribution in [3.8, 4) is 11.5 Å². The molecule has 0 spiro atoms. The average molecular weight is 391 g/mol. The van der Waals surface area contributed by atoms with Crippen molar-refractivity contribution >= 4 is 28.1 Å². The number of phenolic OH excluding ortho intramolecular Hbond substituents is 1. The molecular weight excluding hydrogens is 372 g/mol. The van der Waals surface area contributed by atoms with Gasteiger partial charge in [-0.25, -0.2) is 5.43 Å². The molecule has 0 unspecified atom stereocenters. The zero-order valence-electron chi connectivity index (χ0n) is 13.8. The molecule has 0 aromatic heterocycles. The third kappa shape index (κ3) is 5.09. The lowest BCUT2D eigenvalue weighted by Crippen LogP contribution is -2.24. The molecule has 24 heavy (non-hydrogen) atoms. The van der Waals surface area contributed by atoms with Crippen LogP contribution in [0.4, 0.5) is 0 Å². The van der Waals surface area contributed by atoms with Gasteiger partial charge in [0.05, 0.1) is 6.21 Å². The topological polar surface area (TPSA) is 70.9 Å². The second-order valence-corrected chi connectivity index (χ2v) is 6.48. The average Bonchev–Trinajstić information content (AvgIpc) is 2.49. The Morgan fingerprint density at radius 1 is 1.21 bits per heavy atom. The Kier molecular flexibility index (Phi) is 5.98. The van der Waals surface area contributed by atoms with Crippen LogP contribution in [0.1, 0.15) is 22.3 Å². The quantitative estimate of drug-likeness (QED) is 0.604. The Morgan fingerprint density at radius 2 is 1.88 bits per heavy atom. The fraction of sp³-hybridized carbons (Fsp3) is 0.222. The first kappa shape index (κ1) is 18.0. The fourth-order valence-electron chi connectivity index (χ4n) is 2.23. The summed E-state index contributed by atoms with van der Waals surface area (Å²) in [7, 11) is 0. The number of phenols is 1. The predicted octanol–water partition coefficient (Wildman–Crippen LogP) is 3.61. The standard InChI is InChI=1S/C18H19BrN2O3/c1-11-4-12(2)6-16(5-11)24-10-17(22)21-20-9-14-8-15(19)7-13(3)18(14)23/h4-9,23H,10H2,1-3H3,(H,21,22). The van der Waals surface area contributed by atoms with E-state index in [0.29, 0.717) is 11.3 Å². The van der Waals surface area contributed by atoms with Crippen LogP contribution in [0.3, 0.4) is 0 Å². The van der Waals surface area contributed by atoms with E-state index in [4.69, 9.17) is 4.74 Å². The Bertz CT molecular complexity index is 768. The number of aryl methyl sites for hydroxylation is 3. The Labute approximate surface area is 149 Å². The van der Waals surface area contributed by atoms with Crippen molar-refractivity contribution in [1.29, 1.82) is 0 Å². The molecule has 0 fully saturated rings. The number of aromatic hydroxyl groups is 1. The van der Waals surface area contributed by atoms with Crippen molar-refractivity contribution in [2.24, 2.45) is 5.10 Å². The van der Waals surface area contributed by atoms with Crippen molar-refractivity contribution in [2.75, 3.05) is 6.61 Å². The van der Waals surface area contributed by atoms with Crippen molar-refractivity contribution in [3.05, 3.63) is 57.1 Å². The van der Waals surface area contributed by atoms with E-state index in [1.54, 1.807) is 19.1 Å². The number of nitrogens with zero attached hydrogens (tertiary/aromatic N) is 1. The highest BCUT2D eigenvalue weighted by molar-refractivity contribution is 9.10. The maximum atomic E-state index is 11.8. The monoisotopic (exact) mass is 390 g/mol. The first-order valence-corrected chi connectivity index (χ1v) is 8.16. The van der Waals surface area contributed by atoms with Gasteiger partial charge in [0.15, 0.2) is 6.61 Å². The van der Waals surface area contributed by atoms with Crippen LogP contribution in [0, 0.1) is 20.8 Å². The van der Waals surface area contributed by atoms with E-state index < -0.39 is 0 Å². The van der Waals surface area contributed by atoms with Crippen LogP contribution < -0.4 is 10.2 Å². The van der Waals surface area contributed by atoms with Crippen LogP contribution in [-0.4, -0.2) is 23.8 Å². The summed E-state index contributed by atoms with van der Waals surface area (Å²) in [6, 6.07) is 9.27. The third-order valence-corrected chi connectivity index (χ3v) is 3.71. The molecule has 0 aliphatic carbocycles. The Hall–Kier alpha value is -2.34. The number of carbonyl (C=O) groups excluding carboxylic acids is 1. The molecule has 2 rings (SSSR count). The smallest absolute Gasteiger partial charge is 0.277 e. The highest BCUT2D eigenvalue weighted by Crippen LogP contribution is 2.25. The van der Waals surface area contributed by atoms with Crippen molar-refractivity contribution in [3.63, 3.8) is 0 Å². The number of rotatable bonds is 5. The van der Waals surface area contributed by atoms with Crippen LogP contribution in [0.2, 0.25) is 0 Å². The largest absolute Gasteiger partial charge is 0.507 e. The second-order valence-electron chi connectivity index (χ2n) is 5.57. The van der Waals surface area contributed by atoms with Crippen molar-refractivity contribution in [1.82, 2.24) is 5.43 Å². The molecule has 2 aromatic rings. The van der Waals surface area contributed by atoms with E-state index in [-0.39, 0.29) is 18.3 Å². The second kappa shape index (κ2) is 7.97. The lowest BCUT2D eigenvalue weighted by Gasteiger charge is -2.07. The molecule has 2 N–H and O–H groups in total. The molecule has 0 aliphatic heterocycles. The first-order valence-electron chi connectivity index (χ1n) is 7.37. The molecule has 0 aliphatic rings. The number of carbonyl (C=O) groups is 1. The normalized spacial score (nSPS) is 10.8. The van der Waals surface area contributed by atoms with E-state index in [1.165, 1.54) is 6.21 Å². The highest BCUT2D eigenvalue weighted by Gasteiger charge is 2.05. The molecule has 0 saturated heterocycles. The predicted molar refractivity (Wildman–Crippen MR) is 97.7 cm³/mol. The number of benzene rings is 2. The number of hydrogen-bond acceptors (Lipinski definition) is 4. The minimum absolute atomic E-state index is 0.127. The van der Waals surface area contributed by atoms with Crippen LogP contribution in [0.5, 0.6) is 11.5 Å². The molecular formula is C18H19BrN2O3. The first-order chi connectivity index (χ1) is 11.3. The zero-order chi connectivity index (χ0) is 17.7. The number of halogens is 1. The molecule has 0 radical (unpaired) electrons. The number of nitrogens with one attached hydrogen (secondary N) is 1. The van der Waals surface area contributed by atoms with Gasteiger partial charge in [-0.05, 0) is 61.7 Å². The van der Waals surface area contributed by atoms with Crippen molar-refractivity contribution < 1.29 is 14.6 Å². The van der Waals surface area contributed by atoms with Crippen LogP contribution in [0.15, 0.2) is 39.9 Å². The van der Waals surface area contributed by atoms with Gasteiger partial charge < -0.3 is 9.84 Å². The summed E-state index contributed by atoms with van der Waals surface area (Å²) in [6.45, 7) is 5.59. The van der Waals surface area contributed by atoms with Gasteiger partial charge in [-0.15, -0.1) is 0 Å². The minimum atomic E-state index is -0.378. The van der Waals surface area contributed by atoms with Gasteiger partial charge in [0.1, 0.15) is 11.5 Å². The van der Waals surface area contributed by atoms with E-state index >= 15 is 0 Å². The maximum Gasteiger partial charge on any atom is 0.277 e. The van der Waals surface area contributed by atoms with Crippen molar-refractivity contribution in [2.45, 2.75) is 20.8 Å². The molecule has 126 valence electrons. The number of hydrazone groups is 1. The van der Waals surface area contributed by atoms with Gasteiger partial charge in [-0.3, -0.25) is 4.79 Å². The molecule has 0 atom stereocenters. The lowest BCUT2D eigenvalue weighted by atomic mass is 10.1. The summed E-state index contributed by atoms with van der Waals surface area (Å²) < 4.78 is 6.27. The molecule has 2 aromatic carbocycles. The van der Waals surface area contributed by atoms with E-state index in [1.807, 2.05) is 32.0 Å². The van der Waals surface area contributed by atoms with E-state index in [2.05, 4.69) is 26.5 Å². The highest BCUT2D eigenvalue weighted by atomic mass is 79.9. The maximum absolute atomic E-state index is 11.8. The van der Waals surface area contributed by atoms with Crippen LogP contribution >= 0.6 is 15.9 Å². The number of hydrogen-bond donors (Lipinski definition) is 2. The molecule has 5 nitrogen and oxygen atoms in total. The van der Waals surface area contributed by atoms with E-state index in [9.17, 15) is 9.90 Å². The molecule has 6 heteroatoms. The summed E-state index contributed by atoms with van der Waals surface area (Å²) in [5.41, 5.74) is 5.75. The summed E-state index contributed by atoms with van der Waals surface area (Å²) in [5, 5.41) is 13.8. The van der Waals surface area contributed by atoms with Gasteiger partial charge >= 0.3 is 0 Å². The van der Waals surface area contributed by atoms with Gasteiger partial charge in [0.2, 0.25) is 0 Å². The zero-order valence-corrected chi connectivity index (χ0v) is 15.3. The Balaban J connectivity index is 1.91. The number of ether oxygens (including phenoxy) is 1. The van der Waals surface area contributed by atoms with Gasteiger partial charge in [0, 0.05) is 10.0 Å². The molecule has 0 bridgehead atoms. The minimum Gasteiger partial charge on any atom is -0.507 e. The summed E-state index contributed by atoms with van der Waals surface area (Å²) >= 11 is 3.35. The van der Waals surface area contributed by atoms with Gasteiger partial charge in [-0.2, -0.15) is 5.10 Å². The summed E-state index contributed by atoms with van der Waals surface area (Å²) in [5.74, 6) is 0.395. The van der Waals surface area contributed by atoms with Gasteiger partial charge in [0.25, 0.3) is 5.91 Å². The fourth-order valence-corrected chi connectivity index (χ4v) is 2.82. The lowest BCUT2D eigenvalue weighted by molar-refractivity contribution is -0.123. The summed E-state index contributed by atoms with van der Waals surface area (Å²) in [6.07, 6.45) is 1.39. The molecule has 0 heterocycles. The molecule has 0 saturated carbocycles. The summed E-state index contributed by atoms with van der Waals surface area (Å²) in [4.78, 5) is 11.8. The van der Waals surface area contributed by atoms with Crippen LogP contribution in [-0.2, 0) is 4.79 Å². The molecule has 1 amide bonds. The Morgan fingerprint density at radius 3 is 2.54 bits per heavy atom. The van der Waals surface area contributed by atoms with E-state index in [0.717, 1.165) is 21.2 Å². The number of amides is 1. The van der Waals surface area contributed by atoms with Crippen LogP contribution in [0.25, 0.3) is 0 Å². The van der Waals surface area contributed by atoms with Gasteiger partial charge in [-0.1, -0.05) is 22.0 Å². The SMILES string of the molecule is Cc1cc(C)cc(OCC(=O)NN=Cc2cc(Br)cc(C)c2O)c1. The third-order valence-electron chi connectivity index (χ3n) is 3.25.